The third-order valence-corrected chi connectivity index (χ3v) is 3.82. The van der Waals surface area contributed by atoms with Crippen LogP contribution in [-0.4, -0.2) is 38.7 Å². The minimum absolute atomic E-state index is 0.460. The second-order valence-corrected chi connectivity index (χ2v) is 5.57. The summed E-state index contributed by atoms with van der Waals surface area (Å²) in [6, 6.07) is 8.96. The van der Waals surface area contributed by atoms with Crippen LogP contribution in [0.15, 0.2) is 33.7 Å². The molecule has 0 amide bonds. The summed E-state index contributed by atoms with van der Waals surface area (Å²) in [5.41, 5.74) is 1.28. The lowest BCUT2D eigenvalue weighted by Gasteiger charge is -2.20. The summed E-state index contributed by atoms with van der Waals surface area (Å²) in [7, 11) is 1.81. The molecule has 0 saturated carbocycles. The molecule has 2 N–H and O–H groups in total. The zero-order valence-corrected chi connectivity index (χ0v) is 13.1. The Labute approximate surface area is 123 Å². The monoisotopic (exact) mass is 324 g/mol. The van der Waals surface area contributed by atoms with Gasteiger partial charge in [0.05, 0.1) is 0 Å². The minimum Gasteiger partial charge on any atom is -0.369 e. The molecule has 1 unspecified atom stereocenters. The van der Waals surface area contributed by atoms with E-state index < -0.39 is 0 Å². The molecule has 5 heteroatoms. The first kappa shape index (κ1) is 14.2. The quantitative estimate of drug-likeness (QED) is 0.661. The Morgan fingerprint density at radius 2 is 2.16 bits per heavy atom. The van der Waals surface area contributed by atoms with Crippen LogP contribution in [0, 0.1) is 0 Å². The van der Waals surface area contributed by atoms with Crippen molar-refractivity contribution in [3.05, 3.63) is 28.7 Å². The molecular weight excluding hydrogens is 304 g/mol. The zero-order valence-electron chi connectivity index (χ0n) is 11.5. The van der Waals surface area contributed by atoms with Gasteiger partial charge in [-0.05, 0) is 37.6 Å². The maximum Gasteiger partial charge on any atom is 0.191 e. The molecule has 4 nitrogen and oxygen atoms in total. The average molecular weight is 325 g/mol. The van der Waals surface area contributed by atoms with Crippen LogP contribution in [0.2, 0.25) is 0 Å². The van der Waals surface area contributed by atoms with Gasteiger partial charge in [-0.25, -0.2) is 0 Å². The van der Waals surface area contributed by atoms with Gasteiger partial charge in [-0.2, -0.15) is 0 Å². The number of benzene rings is 1. The van der Waals surface area contributed by atoms with Crippen molar-refractivity contribution in [2.45, 2.75) is 19.4 Å². The Morgan fingerprint density at radius 3 is 2.79 bits per heavy atom. The highest BCUT2D eigenvalue weighted by Gasteiger charge is 2.23. The summed E-state index contributed by atoms with van der Waals surface area (Å²) in [6.45, 7) is 5.08. The Bertz CT molecular complexity index is 430. The first-order chi connectivity index (χ1) is 9.22. The molecule has 2 rings (SSSR count). The highest BCUT2D eigenvalue weighted by molar-refractivity contribution is 9.10. The SMILES string of the molecule is CCNC(=NC)NC1CCN(c2ccc(Br)cc2)C1. The molecule has 104 valence electrons. The highest BCUT2D eigenvalue weighted by atomic mass is 79.9. The van der Waals surface area contributed by atoms with E-state index in [0.29, 0.717) is 6.04 Å². The minimum atomic E-state index is 0.460. The molecule has 1 heterocycles. The van der Waals surface area contributed by atoms with Crippen LogP contribution in [0.5, 0.6) is 0 Å². The van der Waals surface area contributed by atoms with Gasteiger partial charge in [0.1, 0.15) is 0 Å². The van der Waals surface area contributed by atoms with E-state index >= 15 is 0 Å². The van der Waals surface area contributed by atoms with Gasteiger partial charge in [0, 0.05) is 42.9 Å². The second kappa shape index (κ2) is 6.80. The molecule has 0 spiro atoms. The smallest absolute Gasteiger partial charge is 0.191 e. The summed E-state index contributed by atoms with van der Waals surface area (Å²) < 4.78 is 1.12. The number of aliphatic imine (C=N–C) groups is 1. The van der Waals surface area contributed by atoms with Gasteiger partial charge in [0.25, 0.3) is 0 Å². The van der Waals surface area contributed by atoms with Gasteiger partial charge in [0.15, 0.2) is 5.96 Å². The predicted octanol–water partition coefficient (Wildman–Crippen LogP) is 2.21. The number of hydrogen-bond donors (Lipinski definition) is 2. The van der Waals surface area contributed by atoms with Gasteiger partial charge < -0.3 is 15.5 Å². The van der Waals surface area contributed by atoms with Crippen LogP contribution in [0.4, 0.5) is 5.69 Å². The third kappa shape index (κ3) is 3.86. The summed E-state index contributed by atoms with van der Waals surface area (Å²) in [5.74, 6) is 0.894. The molecule has 0 radical (unpaired) electrons. The first-order valence-electron chi connectivity index (χ1n) is 6.70. The van der Waals surface area contributed by atoms with E-state index in [4.69, 9.17) is 0 Å². The number of nitrogens with one attached hydrogen (secondary N) is 2. The topological polar surface area (TPSA) is 39.7 Å². The van der Waals surface area contributed by atoms with Crippen molar-refractivity contribution in [1.82, 2.24) is 10.6 Å². The van der Waals surface area contributed by atoms with Crippen LogP contribution in [0.1, 0.15) is 13.3 Å². The normalized spacial score (nSPS) is 19.6. The number of guanidine groups is 1. The van der Waals surface area contributed by atoms with Crippen molar-refractivity contribution in [2.24, 2.45) is 4.99 Å². The molecule has 0 aromatic heterocycles. The largest absolute Gasteiger partial charge is 0.369 e. The van der Waals surface area contributed by atoms with Crippen molar-refractivity contribution in [1.29, 1.82) is 0 Å². The lowest BCUT2D eigenvalue weighted by Crippen LogP contribution is -2.44. The maximum atomic E-state index is 4.22. The summed E-state index contributed by atoms with van der Waals surface area (Å²) >= 11 is 3.47. The Hall–Kier alpha value is -1.23. The molecule has 0 bridgehead atoms. The fraction of sp³-hybridized carbons (Fsp3) is 0.500. The molecule has 1 aliphatic heterocycles. The van der Waals surface area contributed by atoms with E-state index in [-0.39, 0.29) is 0 Å². The number of hydrogen-bond acceptors (Lipinski definition) is 2. The molecule has 1 aromatic carbocycles. The highest BCUT2D eigenvalue weighted by Crippen LogP contribution is 2.22. The van der Waals surface area contributed by atoms with Crippen LogP contribution in [0.25, 0.3) is 0 Å². The van der Waals surface area contributed by atoms with E-state index in [9.17, 15) is 0 Å². The summed E-state index contributed by atoms with van der Waals surface area (Å²) in [5, 5.41) is 6.70. The summed E-state index contributed by atoms with van der Waals surface area (Å²) in [4.78, 5) is 6.63. The molecule has 1 fully saturated rings. The van der Waals surface area contributed by atoms with Crippen LogP contribution in [-0.2, 0) is 0 Å². The molecule has 1 atom stereocenters. The van der Waals surface area contributed by atoms with E-state index in [1.54, 1.807) is 0 Å². The Kier molecular flexibility index (Phi) is 5.07. The van der Waals surface area contributed by atoms with Gasteiger partial charge in [-0.3, -0.25) is 4.99 Å². The number of nitrogens with zero attached hydrogens (tertiary/aromatic N) is 2. The standard InChI is InChI=1S/C14H21BrN4/c1-3-17-14(16-2)18-12-8-9-19(10-12)13-6-4-11(15)5-7-13/h4-7,12H,3,8-10H2,1-2H3,(H2,16,17,18). The Morgan fingerprint density at radius 1 is 1.42 bits per heavy atom. The molecule has 1 aromatic rings. The van der Waals surface area contributed by atoms with E-state index in [0.717, 1.165) is 36.5 Å². The lowest BCUT2D eigenvalue weighted by atomic mass is 10.3. The fourth-order valence-corrected chi connectivity index (χ4v) is 2.58. The van der Waals surface area contributed by atoms with E-state index in [1.807, 2.05) is 7.05 Å². The van der Waals surface area contributed by atoms with E-state index in [2.05, 4.69) is 67.6 Å². The van der Waals surface area contributed by atoms with Crippen molar-refractivity contribution in [2.75, 3.05) is 31.6 Å². The summed E-state index contributed by atoms with van der Waals surface area (Å²) in [6.07, 6.45) is 1.14. The molecule has 1 aliphatic rings. The van der Waals surface area contributed by atoms with Crippen LogP contribution in [0.3, 0.4) is 0 Å². The Balaban J connectivity index is 1.91. The number of halogens is 1. The van der Waals surface area contributed by atoms with Crippen molar-refractivity contribution in [3.63, 3.8) is 0 Å². The third-order valence-electron chi connectivity index (χ3n) is 3.29. The van der Waals surface area contributed by atoms with E-state index in [1.165, 1.54) is 5.69 Å². The average Bonchev–Trinajstić information content (AvgIpc) is 2.87. The lowest BCUT2D eigenvalue weighted by molar-refractivity contribution is 0.652. The molecule has 19 heavy (non-hydrogen) atoms. The predicted molar refractivity (Wildman–Crippen MR) is 84.9 cm³/mol. The van der Waals surface area contributed by atoms with Crippen molar-refractivity contribution < 1.29 is 0 Å². The van der Waals surface area contributed by atoms with Gasteiger partial charge in [-0.15, -0.1) is 0 Å². The zero-order chi connectivity index (χ0) is 13.7. The van der Waals surface area contributed by atoms with Crippen molar-refractivity contribution in [3.8, 4) is 0 Å². The molecule has 1 saturated heterocycles. The van der Waals surface area contributed by atoms with Crippen LogP contribution >= 0.6 is 15.9 Å². The van der Waals surface area contributed by atoms with Gasteiger partial charge in [0.2, 0.25) is 0 Å². The maximum absolute atomic E-state index is 4.22. The second-order valence-electron chi connectivity index (χ2n) is 4.65. The molecular formula is C14H21BrN4. The first-order valence-corrected chi connectivity index (χ1v) is 7.50. The molecule has 0 aliphatic carbocycles. The fourth-order valence-electron chi connectivity index (χ4n) is 2.32. The number of rotatable bonds is 3. The van der Waals surface area contributed by atoms with Gasteiger partial charge in [-0.1, -0.05) is 15.9 Å². The van der Waals surface area contributed by atoms with Crippen molar-refractivity contribution >= 4 is 27.6 Å². The number of anilines is 1. The van der Waals surface area contributed by atoms with Crippen LogP contribution < -0.4 is 15.5 Å². The van der Waals surface area contributed by atoms with Gasteiger partial charge >= 0.3 is 0 Å².